The Labute approximate surface area is 224 Å². The molecule has 1 fully saturated rings. The highest BCUT2D eigenvalue weighted by Gasteiger charge is 2.40. The minimum absolute atomic E-state index is 0.137. The van der Waals surface area contributed by atoms with Gasteiger partial charge in [-0.2, -0.15) is 0 Å². The van der Waals surface area contributed by atoms with Gasteiger partial charge < -0.3 is 25.1 Å². The smallest absolute Gasteiger partial charge is 0.230 e. The summed E-state index contributed by atoms with van der Waals surface area (Å²) in [5.74, 6) is 0.275. The van der Waals surface area contributed by atoms with Crippen LogP contribution in [-0.4, -0.2) is 50.6 Å². The number of rotatable bonds is 9. The zero-order valence-electron chi connectivity index (χ0n) is 21.4. The number of aromatic amines is 1. The fourth-order valence-corrected chi connectivity index (χ4v) is 4.04. The van der Waals surface area contributed by atoms with E-state index in [-0.39, 0.29) is 24.9 Å². The van der Waals surface area contributed by atoms with Crippen LogP contribution in [0, 0.1) is 11.2 Å². The standard InChI is InChI=1S/C28H28FN7O3/c1-3-12-31-26(37)28(2)16-38-25(39-17-28)24-35-22(18-7-9-19(29)10-8-18)23(36-24)21-11-14-32-27(34-21)33-15-20-6-4-5-13-30-20/h3-11,13-14,25H,1,12,15-17H2,2H3,(H,31,37)(H,35,36)(H,32,33,34). The number of amides is 1. The number of anilines is 1. The second kappa shape index (κ2) is 11.5. The number of carbonyl (C=O) groups is 1. The number of pyridine rings is 1. The number of benzene rings is 1. The molecule has 10 nitrogen and oxygen atoms in total. The van der Waals surface area contributed by atoms with Gasteiger partial charge in [-0.1, -0.05) is 12.1 Å². The van der Waals surface area contributed by atoms with Crippen LogP contribution in [0.1, 0.15) is 24.7 Å². The number of hydrogen-bond donors (Lipinski definition) is 3. The van der Waals surface area contributed by atoms with E-state index in [1.54, 1.807) is 43.6 Å². The van der Waals surface area contributed by atoms with Gasteiger partial charge in [0.1, 0.15) is 5.82 Å². The topological polar surface area (TPSA) is 127 Å². The number of halogens is 1. The SMILES string of the molecule is C=CCNC(=O)C1(C)COC(c2nc(-c3ccc(F)cc3)c(-c3ccnc(NCc4ccccn4)n3)[nH]2)OC1. The first-order valence-corrected chi connectivity index (χ1v) is 12.4. The second-order valence-electron chi connectivity index (χ2n) is 9.31. The zero-order chi connectivity index (χ0) is 27.2. The Morgan fingerprint density at radius 2 is 1.92 bits per heavy atom. The molecule has 0 spiro atoms. The molecule has 0 bridgehead atoms. The maximum absolute atomic E-state index is 13.7. The highest BCUT2D eigenvalue weighted by Crippen LogP contribution is 2.35. The summed E-state index contributed by atoms with van der Waals surface area (Å²) >= 11 is 0. The summed E-state index contributed by atoms with van der Waals surface area (Å²) in [6.45, 7) is 6.48. The Balaban J connectivity index is 1.41. The second-order valence-corrected chi connectivity index (χ2v) is 9.31. The molecule has 11 heteroatoms. The molecule has 0 atom stereocenters. The third-order valence-electron chi connectivity index (χ3n) is 6.19. The van der Waals surface area contributed by atoms with E-state index in [2.05, 4.69) is 37.1 Å². The van der Waals surface area contributed by atoms with Crippen LogP contribution < -0.4 is 10.6 Å². The maximum Gasteiger partial charge on any atom is 0.230 e. The molecule has 0 unspecified atom stereocenters. The van der Waals surface area contributed by atoms with Crippen molar-refractivity contribution in [3.8, 4) is 22.6 Å². The lowest BCUT2D eigenvalue weighted by molar-refractivity contribution is -0.230. The first-order chi connectivity index (χ1) is 18.9. The van der Waals surface area contributed by atoms with Gasteiger partial charge in [-0.25, -0.2) is 19.3 Å². The Morgan fingerprint density at radius 3 is 2.64 bits per heavy atom. The highest BCUT2D eigenvalue weighted by atomic mass is 19.1. The summed E-state index contributed by atoms with van der Waals surface area (Å²) in [7, 11) is 0. The van der Waals surface area contributed by atoms with Crippen molar-refractivity contribution in [1.29, 1.82) is 0 Å². The van der Waals surface area contributed by atoms with E-state index in [0.717, 1.165) is 5.69 Å². The molecule has 1 saturated heterocycles. The van der Waals surface area contributed by atoms with Gasteiger partial charge in [0.2, 0.25) is 18.1 Å². The average molecular weight is 530 g/mol. The van der Waals surface area contributed by atoms with Gasteiger partial charge in [0, 0.05) is 24.5 Å². The van der Waals surface area contributed by atoms with Crippen molar-refractivity contribution in [2.45, 2.75) is 19.8 Å². The van der Waals surface area contributed by atoms with E-state index >= 15 is 0 Å². The number of hydrogen-bond acceptors (Lipinski definition) is 8. The molecule has 3 aromatic heterocycles. The minimum atomic E-state index is -0.852. The van der Waals surface area contributed by atoms with Gasteiger partial charge in [-0.15, -0.1) is 6.58 Å². The van der Waals surface area contributed by atoms with E-state index in [4.69, 9.17) is 14.5 Å². The molecule has 3 N–H and O–H groups in total. The number of nitrogens with zero attached hydrogens (tertiary/aromatic N) is 4. The summed E-state index contributed by atoms with van der Waals surface area (Å²) < 4.78 is 25.5. The van der Waals surface area contributed by atoms with Crippen LogP contribution in [0.5, 0.6) is 0 Å². The number of imidazole rings is 1. The minimum Gasteiger partial charge on any atom is -0.352 e. The summed E-state index contributed by atoms with van der Waals surface area (Å²) in [4.78, 5) is 33.9. The van der Waals surface area contributed by atoms with Crippen molar-refractivity contribution < 1.29 is 18.7 Å². The Kier molecular flexibility index (Phi) is 7.71. The zero-order valence-corrected chi connectivity index (χ0v) is 21.4. The van der Waals surface area contributed by atoms with E-state index < -0.39 is 11.7 Å². The van der Waals surface area contributed by atoms with Crippen LogP contribution >= 0.6 is 0 Å². The molecule has 0 radical (unpaired) electrons. The number of aromatic nitrogens is 5. The third-order valence-corrected chi connectivity index (χ3v) is 6.19. The van der Waals surface area contributed by atoms with Gasteiger partial charge in [-0.3, -0.25) is 9.78 Å². The first-order valence-electron chi connectivity index (χ1n) is 12.4. The van der Waals surface area contributed by atoms with Crippen LogP contribution in [0.4, 0.5) is 10.3 Å². The van der Waals surface area contributed by atoms with Crippen molar-refractivity contribution in [3.63, 3.8) is 0 Å². The molecule has 4 heterocycles. The molecular weight excluding hydrogens is 501 g/mol. The van der Waals surface area contributed by atoms with Crippen molar-refractivity contribution in [2.75, 3.05) is 25.1 Å². The monoisotopic (exact) mass is 529 g/mol. The predicted molar refractivity (Wildman–Crippen MR) is 143 cm³/mol. The fourth-order valence-electron chi connectivity index (χ4n) is 4.04. The van der Waals surface area contributed by atoms with Crippen LogP contribution in [-0.2, 0) is 20.8 Å². The largest absolute Gasteiger partial charge is 0.352 e. The lowest BCUT2D eigenvalue weighted by Crippen LogP contribution is -2.48. The summed E-state index contributed by atoms with van der Waals surface area (Å²) in [6, 6.07) is 13.4. The molecule has 4 aromatic rings. The Bertz CT molecular complexity index is 1440. The molecule has 5 rings (SSSR count). The summed E-state index contributed by atoms with van der Waals surface area (Å²) in [5, 5.41) is 5.97. The first kappa shape index (κ1) is 26.1. The average Bonchev–Trinajstić information content (AvgIpc) is 3.42. The molecule has 0 aliphatic carbocycles. The third kappa shape index (κ3) is 6.00. The van der Waals surface area contributed by atoms with Gasteiger partial charge in [-0.05, 0) is 49.4 Å². The molecule has 200 valence electrons. The molecule has 1 aliphatic heterocycles. The van der Waals surface area contributed by atoms with Crippen molar-refractivity contribution >= 4 is 11.9 Å². The van der Waals surface area contributed by atoms with Crippen molar-refractivity contribution in [3.05, 3.63) is 90.9 Å². The molecule has 1 aliphatic rings. The van der Waals surface area contributed by atoms with Crippen molar-refractivity contribution in [2.24, 2.45) is 5.41 Å². The number of ether oxygens (including phenoxy) is 2. The number of H-pyrrole nitrogens is 1. The van der Waals surface area contributed by atoms with Gasteiger partial charge in [0.15, 0.2) is 5.82 Å². The van der Waals surface area contributed by atoms with E-state index in [0.29, 0.717) is 47.5 Å². The molecule has 39 heavy (non-hydrogen) atoms. The highest BCUT2D eigenvalue weighted by molar-refractivity contribution is 5.82. The fraction of sp³-hybridized carbons (Fsp3) is 0.250. The molecule has 0 saturated carbocycles. The lowest BCUT2D eigenvalue weighted by atomic mass is 9.91. The Morgan fingerprint density at radius 1 is 1.13 bits per heavy atom. The molecular formula is C28H28FN7O3. The normalized spacial score (nSPS) is 18.9. The van der Waals surface area contributed by atoms with Crippen LogP contribution in [0.3, 0.4) is 0 Å². The predicted octanol–water partition coefficient (Wildman–Crippen LogP) is 4.03. The van der Waals surface area contributed by atoms with Crippen LogP contribution in [0.2, 0.25) is 0 Å². The van der Waals surface area contributed by atoms with Crippen LogP contribution in [0.25, 0.3) is 22.6 Å². The van der Waals surface area contributed by atoms with Crippen molar-refractivity contribution in [1.82, 2.24) is 30.2 Å². The maximum atomic E-state index is 13.7. The van der Waals surface area contributed by atoms with Crippen LogP contribution in [0.15, 0.2) is 73.6 Å². The van der Waals surface area contributed by atoms with E-state index in [1.165, 1.54) is 12.1 Å². The van der Waals surface area contributed by atoms with E-state index in [9.17, 15) is 9.18 Å². The number of carbonyl (C=O) groups excluding carboxylic acids is 1. The molecule has 1 amide bonds. The van der Waals surface area contributed by atoms with Gasteiger partial charge >= 0.3 is 0 Å². The lowest BCUT2D eigenvalue weighted by Gasteiger charge is -2.35. The summed E-state index contributed by atoms with van der Waals surface area (Å²) in [5.41, 5.74) is 2.37. The molecule has 1 aromatic carbocycles. The van der Waals surface area contributed by atoms with Gasteiger partial charge in [0.05, 0.1) is 47.9 Å². The number of nitrogens with one attached hydrogen (secondary N) is 3. The summed E-state index contributed by atoms with van der Waals surface area (Å²) in [6.07, 6.45) is 4.14. The van der Waals surface area contributed by atoms with E-state index in [1.807, 2.05) is 18.2 Å². The van der Waals surface area contributed by atoms with Gasteiger partial charge in [0.25, 0.3) is 0 Å². The Hall–Kier alpha value is -4.48. The quantitative estimate of drug-likeness (QED) is 0.277.